The molecule has 142 valence electrons. The first-order chi connectivity index (χ1) is 13.1. The molecule has 2 heterocycles. The number of carboxylic acid groups (broad SMARTS) is 1. The van der Waals surface area contributed by atoms with Crippen LogP contribution in [0.3, 0.4) is 0 Å². The Bertz CT molecular complexity index is 839. The largest absolute Gasteiger partial charge is 0.478 e. The van der Waals surface area contributed by atoms with Gasteiger partial charge in [0.2, 0.25) is 5.91 Å². The smallest absolute Gasteiger partial charge is 0.335 e. The zero-order chi connectivity index (χ0) is 18.8. The highest BCUT2D eigenvalue weighted by Gasteiger charge is 2.23. The van der Waals surface area contributed by atoms with E-state index in [0.717, 1.165) is 50.3 Å². The van der Waals surface area contributed by atoms with Crippen molar-refractivity contribution in [1.29, 1.82) is 0 Å². The fourth-order valence-corrected chi connectivity index (χ4v) is 3.42. The molecule has 0 bridgehead atoms. The molecule has 7 heteroatoms. The number of fused-ring (bicyclic) bond motifs is 1. The lowest BCUT2D eigenvalue weighted by Gasteiger charge is -2.27. The monoisotopic (exact) mass is 368 g/mol. The van der Waals surface area contributed by atoms with E-state index in [-0.39, 0.29) is 5.91 Å². The molecule has 1 aliphatic heterocycles. The first-order valence-electron chi connectivity index (χ1n) is 9.46. The zero-order valence-corrected chi connectivity index (χ0v) is 15.2. The van der Waals surface area contributed by atoms with Crippen LogP contribution in [0.2, 0.25) is 0 Å². The standard InChI is InChI=1S/C20H24N4O3/c25-19(21-16-5-6-16)8-7-17-11-18-13-23(9-10-24(18)22-17)12-14-1-3-15(4-2-14)20(26)27/h1-4,11,16H,5-10,12-13H2,(H,21,25)(H,26,27). The molecule has 2 aromatic rings. The van der Waals surface area contributed by atoms with E-state index < -0.39 is 5.97 Å². The van der Waals surface area contributed by atoms with E-state index in [1.54, 1.807) is 12.1 Å². The fraction of sp³-hybridized carbons (Fsp3) is 0.450. The van der Waals surface area contributed by atoms with Gasteiger partial charge in [0, 0.05) is 38.5 Å². The van der Waals surface area contributed by atoms with Crippen molar-refractivity contribution in [3.8, 4) is 0 Å². The molecule has 0 radical (unpaired) electrons. The number of hydrogen-bond acceptors (Lipinski definition) is 4. The van der Waals surface area contributed by atoms with E-state index >= 15 is 0 Å². The average molecular weight is 368 g/mol. The van der Waals surface area contributed by atoms with Gasteiger partial charge in [-0.2, -0.15) is 5.10 Å². The van der Waals surface area contributed by atoms with Crippen LogP contribution in [-0.2, 0) is 30.8 Å². The lowest BCUT2D eigenvalue weighted by molar-refractivity contribution is -0.121. The second-order valence-corrected chi connectivity index (χ2v) is 7.40. The lowest BCUT2D eigenvalue weighted by Crippen LogP contribution is -2.33. The summed E-state index contributed by atoms with van der Waals surface area (Å²) >= 11 is 0. The Hall–Kier alpha value is -2.67. The summed E-state index contributed by atoms with van der Waals surface area (Å²) in [7, 11) is 0. The van der Waals surface area contributed by atoms with Crippen LogP contribution >= 0.6 is 0 Å². The summed E-state index contributed by atoms with van der Waals surface area (Å²) in [6.07, 6.45) is 3.39. The van der Waals surface area contributed by atoms with Gasteiger partial charge < -0.3 is 10.4 Å². The second kappa shape index (κ2) is 7.52. The van der Waals surface area contributed by atoms with Crippen molar-refractivity contribution in [3.05, 3.63) is 52.8 Å². The molecular formula is C20H24N4O3. The summed E-state index contributed by atoms with van der Waals surface area (Å²) in [5.74, 6) is -0.781. The molecule has 2 aliphatic rings. The number of aryl methyl sites for hydroxylation is 1. The minimum absolute atomic E-state index is 0.120. The maximum Gasteiger partial charge on any atom is 0.335 e. The van der Waals surface area contributed by atoms with Crippen molar-refractivity contribution in [2.45, 2.75) is 51.4 Å². The normalized spacial score (nSPS) is 16.7. The molecule has 1 aromatic carbocycles. The molecular weight excluding hydrogens is 344 g/mol. The third-order valence-electron chi connectivity index (χ3n) is 5.09. The molecule has 1 saturated carbocycles. The highest BCUT2D eigenvalue weighted by atomic mass is 16.4. The summed E-state index contributed by atoms with van der Waals surface area (Å²) in [6.45, 7) is 3.32. The van der Waals surface area contributed by atoms with Crippen LogP contribution in [-0.4, -0.2) is 44.3 Å². The molecule has 1 amide bonds. The van der Waals surface area contributed by atoms with Gasteiger partial charge in [0.25, 0.3) is 0 Å². The Labute approximate surface area is 158 Å². The number of carbonyl (C=O) groups excluding carboxylic acids is 1. The number of carboxylic acids is 1. The molecule has 4 rings (SSSR count). The van der Waals surface area contributed by atoms with Crippen LogP contribution in [0, 0.1) is 0 Å². The molecule has 0 spiro atoms. The number of benzene rings is 1. The Morgan fingerprint density at radius 3 is 2.67 bits per heavy atom. The first-order valence-corrected chi connectivity index (χ1v) is 9.46. The van der Waals surface area contributed by atoms with Crippen molar-refractivity contribution in [1.82, 2.24) is 20.0 Å². The number of aromatic carboxylic acids is 1. The molecule has 0 atom stereocenters. The van der Waals surface area contributed by atoms with E-state index in [1.165, 1.54) is 5.69 Å². The molecule has 1 aliphatic carbocycles. The van der Waals surface area contributed by atoms with E-state index in [9.17, 15) is 9.59 Å². The van der Waals surface area contributed by atoms with Crippen molar-refractivity contribution < 1.29 is 14.7 Å². The van der Waals surface area contributed by atoms with E-state index in [4.69, 9.17) is 5.11 Å². The Morgan fingerprint density at radius 2 is 1.96 bits per heavy atom. The van der Waals surface area contributed by atoms with Crippen LogP contribution in [0.15, 0.2) is 30.3 Å². The van der Waals surface area contributed by atoms with E-state index in [1.807, 2.05) is 16.8 Å². The number of aromatic nitrogens is 2. The third-order valence-corrected chi connectivity index (χ3v) is 5.09. The van der Waals surface area contributed by atoms with Gasteiger partial charge in [-0.05, 0) is 36.6 Å². The number of hydrogen-bond donors (Lipinski definition) is 2. The van der Waals surface area contributed by atoms with Gasteiger partial charge in [0.1, 0.15) is 0 Å². The maximum absolute atomic E-state index is 11.8. The average Bonchev–Trinajstić information content (AvgIpc) is 3.36. The molecule has 0 unspecified atom stereocenters. The van der Waals surface area contributed by atoms with Crippen LogP contribution in [0.25, 0.3) is 0 Å². The van der Waals surface area contributed by atoms with E-state index in [2.05, 4.69) is 21.4 Å². The molecule has 2 N–H and O–H groups in total. The van der Waals surface area contributed by atoms with Gasteiger partial charge >= 0.3 is 5.97 Å². The van der Waals surface area contributed by atoms with Crippen LogP contribution in [0.1, 0.15) is 46.6 Å². The van der Waals surface area contributed by atoms with Gasteiger partial charge in [-0.1, -0.05) is 12.1 Å². The summed E-state index contributed by atoms with van der Waals surface area (Å²) in [5, 5.41) is 16.6. The topological polar surface area (TPSA) is 87.5 Å². The second-order valence-electron chi connectivity index (χ2n) is 7.40. The zero-order valence-electron chi connectivity index (χ0n) is 15.2. The molecule has 27 heavy (non-hydrogen) atoms. The third kappa shape index (κ3) is 4.54. The lowest BCUT2D eigenvalue weighted by atomic mass is 10.1. The summed E-state index contributed by atoms with van der Waals surface area (Å²) in [4.78, 5) is 25.1. The number of nitrogens with one attached hydrogen (secondary N) is 1. The van der Waals surface area contributed by atoms with Crippen molar-refractivity contribution in [3.63, 3.8) is 0 Å². The predicted molar refractivity (Wildman–Crippen MR) is 99.2 cm³/mol. The van der Waals surface area contributed by atoms with Crippen LogP contribution in [0.4, 0.5) is 0 Å². The predicted octanol–water partition coefficient (Wildman–Crippen LogP) is 1.81. The maximum atomic E-state index is 11.8. The summed E-state index contributed by atoms with van der Waals surface area (Å²) < 4.78 is 2.04. The molecule has 0 saturated heterocycles. The Kier molecular flexibility index (Phi) is 4.94. The number of amides is 1. The fourth-order valence-electron chi connectivity index (χ4n) is 3.42. The van der Waals surface area contributed by atoms with Crippen molar-refractivity contribution in [2.75, 3.05) is 6.54 Å². The van der Waals surface area contributed by atoms with Crippen molar-refractivity contribution in [2.24, 2.45) is 0 Å². The first kappa shape index (κ1) is 17.7. The molecule has 7 nitrogen and oxygen atoms in total. The van der Waals surface area contributed by atoms with Gasteiger partial charge in [-0.25, -0.2) is 4.79 Å². The van der Waals surface area contributed by atoms with Gasteiger partial charge in [0.05, 0.1) is 23.5 Å². The van der Waals surface area contributed by atoms with Crippen molar-refractivity contribution >= 4 is 11.9 Å². The van der Waals surface area contributed by atoms with Gasteiger partial charge in [-0.15, -0.1) is 0 Å². The summed E-state index contributed by atoms with van der Waals surface area (Å²) in [5.41, 5.74) is 3.56. The highest BCUT2D eigenvalue weighted by Crippen LogP contribution is 2.20. The molecule has 1 fully saturated rings. The quantitative estimate of drug-likeness (QED) is 0.778. The highest BCUT2D eigenvalue weighted by molar-refractivity contribution is 5.87. The molecule has 1 aromatic heterocycles. The minimum Gasteiger partial charge on any atom is -0.478 e. The SMILES string of the molecule is O=C(CCc1cc2n(n1)CCN(Cc1ccc(C(=O)O)cc1)C2)NC1CC1. The number of rotatable bonds is 7. The Balaban J connectivity index is 1.31. The Morgan fingerprint density at radius 1 is 1.19 bits per heavy atom. The number of carbonyl (C=O) groups is 2. The van der Waals surface area contributed by atoms with Crippen LogP contribution in [0.5, 0.6) is 0 Å². The van der Waals surface area contributed by atoms with Crippen LogP contribution < -0.4 is 5.32 Å². The number of nitrogens with zero attached hydrogens (tertiary/aromatic N) is 3. The van der Waals surface area contributed by atoms with Gasteiger partial charge in [0.15, 0.2) is 0 Å². The summed E-state index contributed by atoms with van der Waals surface area (Å²) in [6, 6.07) is 9.56. The minimum atomic E-state index is -0.901. The van der Waals surface area contributed by atoms with Gasteiger partial charge in [-0.3, -0.25) is 14.4 Å². The van der Waals surface area contributed by atoms with E-state index in [0.29, 0.717) is 24.4 Å².